The fourth-order valence-corrected chi connectivity index (χ4v) is 1.95. The van der Waals surface area contributed by atoms with Crippen LogP contribution >= 0.6 is 0 Å². The van der Waals surface area contributed by atoms with Crippen molar-refractivity contribution in [3.8, 4) is 0 Å². The summed E-state index contributed by atoms with van der Waals surface area (Å²) >= 11 is 0. The number of carbonyl (C=O) groups is 1. The molecule has 2 aromatic carbocycles. The van der Waals surface area contributed by atoms with Gasteiger partial charge >= 0.3 is 5.97 Å². The number of nitrogen functional groups attached to an aromatic ring is 1. The van der Waals surface area contributed by atoms with Crippen molar-refractivity contribution in [2.75, 3.05) is 11.1 Å². The summed E-state index contributed by atoms with van der Waals surface area (Å²) in [6.07, 6.45) is 0. The molecule has 0 aliphatic carbocycles. The fraction of sp³-hybridized carbons (Fsp3) is 0.133. The van der Waals surface area contributed by atoms with Crippen LogP contribution in [0.2, 0.25) is 0 Å². The highest BCUT2D eigenvalue weighted by Crippen LogP contribution is 2.26. The first-order chi connectivity index (χ1) is 9.49. The predicted octanol–water partition coefficient (Wildman–Crippen LogP) is 3.28. The average molecular weight is 274 g/mol. The number of carboxylic acids is 1. The van der Waals surface area contributed by atoms with E-state index in [9.17, 15) is 9.18 Å². The van der Waals surface area contributed by atoms with Gasteiger partial charge in [-0.2, -0.15) is 0 Å². The number of nitrogens with one attached hydrogen (secondary N) is 1. The van der Waals surface area contributed by atoms with Gasteiger partial charge in [0.2, 0.25) is 0 Å². The van der Waals surface area contributed by atoms with E-state index < -0.39 is 5.97 Å². The third-order valence-electron chi connectivity index (χ3n) is 3.04. The molecule has 1 atom stereocenters. The van der Waals surface area contributed by atoms with Gasteiger partial charge in [0.25, 0.3) is 0 Å². The summed E-state index contributed by atoms with van der Waals surface area (Å²) in [7, 11) is 0. The second-order valence-corrected chi connectivity index (χ2v) is 4.49. The van der Waals surface area contributed by atoms with Crippen molar-refractivity contribution in [3.05, 3.63) is 59.4 Å². The zero-order valence-corrected chi connectivity index (χ0v) is 10.9. The molecule has 5 heteroatoms. The number of rotatable bonds is 4. The van der Waals surface area contributed by atoms with E-state index in [1.54, 1.807) is 25.1 Å². The molecular formula is C15H15FN2O2. The summed E-state index contributed by atoms with van der Waals surface area (Å²) in [6, 6.07) is 10.5. The standard InChI is InChI=1S/C15H15FN2O2/c1-9(11-4-2-3-5-12(11)16)18-14-8-10(15(19)20)6-7-13(14)17/h2-9,18H,17H2,1H3,(H,19,20). The summed E-state index contributed by atoms with van der Waals surface area (Å²) in [4.78, 5) is 10.9. The summed E-state index contributed by atoms with van der Waals surface area (Å²) in [6.45, 7) is 1.78. The number of anilines is 2. The monoisotopic (exact) mass is 274 g/mol. The van der Waals surface area contributed by atoms with Gasteiger partial charge in [-0.1, -0.05) is 18.2 Å². The number of nitrogens with two attached hydrogens (primary N) is 1. The quantitative estimate of drug-likeness (QED) is 0.748. The van der Waals surface area contributed by atoms with Crippen molar-refractivity contribution in [2.45, 2.75) is 13.0 Å². The maximum absolute atomic E-state index is 13.7. The molecule has 0 spiro atoms. The Hall–Kier alpha value is -2.56. The molecule has 4 nitrogen and oxygen atoms in total. The lowest BCUT2D eigenvalue weighted by molar-refractivity contribution is 0.0697. The van der Waals surface area contributed by atoms with Gasteiger partial charge in [-0.05, 0) is 31.2 Å². The number of aromatic carboxylic acids is 1. The number of hydrogen-bond acceptors (Lipinski definition) is 3. The Morgan fingerprint density at radius 2 is 2.00 bits per heavy atom. The molecule has 0 bridgehead atoms. The lowest BCUT2D eigenvalue weighted by atomic mass is 10.1. The Balaban J connectivity index is 2.28. The maximum Gasteiger partial charge on any atom is 0.335 e. The molecule has 0 saturated carbocycles. The molecule has 0 aliphatic rings. The number of halogens is 1. The van der Waals surface area contributed by atoms with Crippen LogP contribution in [0.15, 0.2) is 42.5 Å². The lowest BCUT2D eigenvalue weighted by Gasteiger charge is -2.18. The fourth-order valence-electron chi connectivity index (χ4n) is 1.95. The second-order valence-electron chi connectivity index (χ2n) is 4.49. The van der Waals surface area contributed by atoms with Gasteiger partial charge in [0.1, 0.15) is 5.82 Å². The molecule has 2 rings (SSSR count). The highest BCUT2D eigenvalue weighted by atomic mass is 19.1. The Kier molecular flexibility index (Phi) is 3.89. The molecule has 0 amide bonds. The molecule has 0 aromatic heterocycles. The molecule has 20 heavy (non-hydrogen) atoms. The van der Waals surface area contributed by atoms with E-state index in [0.717, 1.165) is 0 Å². The Bertz CT molecular complexity index is 644. The van der Waals surface area contributed by atoms with Crippen LogP contribution in [0.4, 0.5) is 15.8 Å². The van der Waals surface area contributed by atoms with Gasteiger partial charge in [0.15, 0.2) is 0 Å². The highest BCUT2D eigenvalue weighted by molar-refractivity contribution is 5.90. The van der Waals surface area contributed by atoms with Crippen LogP contribution < -0.4 is 11.1 Å². The minimum Gasteiger partial charge on any atom is -0.478 e. The van der Waals surface area contributed by atoms with Crippen molar-refractivity contribution in [2.24, 2.45) is 0 Å². The van der Waals surface area contributed by atoms with E-state index in [-0.39, 0.29) is 17.4 Å². The van der Waals surface area contributed by atoms with Crippen LogP contribution in [-0.2, 0) is 0 Å². The predicted molar refractivity (Wildman–Crippen MR) is 76.3 cm³/mol. The van der Waals surface area contributed by atoms with E-state index in [1.807, 2.05) is 0 Å². The van der Waals surface area contributed by atoms with Crippen molar-refractivity contribution >= 4 is 17.3 Å². The first-order valence-corrected chi connectivity index (χ1v) is 6.13. The molecule has 0 radical (unpaired) electrons. The zero-order chi connectivity index (χ0) is 14.7. The molecule has 104 valence electrons. The molecular weight excluding hydrogens is 259 g/mol. The Morgan fingerprint density at radius 1 is 1.30 bits per heavy atom. The molecule has 0 heterocycles. The average Bonchev–Trinajstić information content (AvgIpc) is 2.41. The van der Waals surface area contributed by atoms with Gasteiger partial charge in [0.05, 0.1) is 23.0 Å². The van der Waals surface area contributed by atoms with E-state index in [2.05, 4.69) is 5.32 Å². The first-order valence-electron chi connectivity index (χ1n) is 6.13. The van der Waals surface area contributed by atoms with E-state index in [4.69, 9.17) is 10.8 Å². The summed E-state index contributed by atoms with van der Waals surface area (Å²) in [5, 5.41) is 12.0. The third-order valence-corrected chi connectivity index (χ3v) is 3.04. The maximum atomic E-state index is 13.7. The number of hydrogen-bond donors (Lipinski definition) is 3. The van der Waals surface area contributed by atoms with E-state index >= 15 is 0 Å². The van der Waals surface area contributed by atoms with Gasteiger partial charge in [-0.25, -0.2) is 9.18 Å². The minimum atomic E-state index is -1.04. The molecule has 2 aromatic rings. The van der Waals surface area contributed by atoms with Gasteiger partial charge in [-0.3, -0.25) is 0 Å². The van der Waals surface area contributed by atoms with Crippen LogP contribution in [0.25, 0.3) is 0 Å². The molecule has 0 saturated heterocycles. The summed E-state index contributed by atoms with van der Waals surface area (Å²) in [5.74, 6) is -1.35. The zero-order valence-electron chi connectivity index (χ0n) is 10.9. The van der Waals surface area contributed by atoms with Crippen LogP contribution in [0, 0.1) is 5.82 Å². The van der Waals surface area contributed by atoms with Crippen molar-refractivity contribution < 1.29 is 14.3 Å². The Morgan fingerprint density at radius 3 is 2.65 bits per heavy atom. The van der Waals surface area contributed by atoms with Gasteiger partial charge in [-0.15, -0.1) is 0 Å². The van der Waals surface area contributed by atoms with Crippen LogP contribution in [0.5, 0.6) is 0 Å². The van der Waals surface area contributed by atoms with Crippen molar-refractivity contribution in [1.29, 1.82) is 0 Å². The first kappa shape index (κ1) is 13.9. The lowest BCUT2D eigenvalue weighted by Crippen LogP contribution is -2.11. The normalized spacial score (nSPS) is 11.9. The largest absolute Gasteiger partial charge is 0.478 e. The van der Waals surface area contributed by atoms with Crippen LogP contribution in [-0.4, -0.2) is 11.1 Å². The smallest absolute Gasteiger partial charge is 0.335 e. The van der Waals surface area contributed by atoms with Crippen molar-refractivity contribution in [3.63, 3.8) is 0 Å². The number of benzene rings is 2. The summed E-state index contributed by atoms with van der Waals surface area (Å²) in [5.41, 5.74) is 7.31. The molecule has 1 unspecified atom stereocenters. The van der Waals surface area contributed by atoms with E-state index in [0.29, 0.717) is 16.9 Å². The van der Waals surface area contributed by atoms with E-state index in [1.165, 1.54) is 24.3 Å². The highest BCUT2D eigenvalue weighted by Gasteiger charge is 2.13. The summed E-state index contributed by atoms with van der Waals surface area (Å²) < 4.78 is 13.7. The topological polar surface area (TPSA) is 75.3 Å². The third kappa shape index (κ3) is 2.88. The van der Waals surface area contributed by atoms with Crippen LogP contribution in [0.1, 0.15) is 28.9 Å². The van der Waals surface area contributed by atoms with Gasteiger partial charge in [0, 0.05) is 5.56 Å². The van der Waals surface area contributed by atoms with Gasteiger partial charge < -0.3 is 16.2 Å². The second kappa shape index (κ2) is 5.61. The molecule has 0 fully saturated rings. The SMILES string of the molecule is CC(Nc1cc(C(=O)O)ccc1N)c1ccccc1F. The minimum absolute atomic E-state index is 0.127. The van der Waals surface area contributed by atoms with Crippen molar-refractivity contribution in [1.82, 2.24) is 0 Å². The Labute approximate surface area is 116 Å². The van der Waals surface area contributed by atoms with Crippen LogP contribution in [0.3, 0.4) is 0 Å². The molecule has 0 aliphatic heterocycles. The number of carboxylic acid groups (broad SMARTS) is 1. The molecule has 4 N–H and O–H groups in total.